The predicted octanol–water partition coefficient (Wildman–Crippen LogP) is 3.22. The Morgan fingerprint density at radius 1 is 1.35 bits per heavy atom. The zero-order valence-electron chi connectivity index (χ0n) is 14.1. The van der Waals surface area contributed by atoms with Crippen LogP contribution in [0.25, 0.3) is 0 Å². The molecule has 0 bridgehead atoms. The van der Waals surface area contributed by atoms with Gasteiger partial charge in [-0.25, -0.2) is 4.79 Å². The van der Waals surface area contributed by atoms with Crippen LogP contribution in [0, 0.1) is 0 Å². The van der Waals surface area contributed by atoms with Gasteiger partial charge in [0.25, 0.3) is 5.91 Å². The highest BCUT2D eigenvalue weighted by Gasteiger charge is 2.18. The Balaban J connectivity index is 1.56. The van der Waals surface area contributed by atoms with Crippen molar-refractivity contribution in [1.82, 2.24) is 5.32 Å². The lowest BCUT2D eigenvalue weighted by atomic mass is 10.2. The Bertz CT molecular complexity index is 821. The Hall–Kier alpha value is -2.32. The first-order chi connectivity index (χ1) is 12.5. The summed E-state index contributed by atoms with van der Waals surface area (Å²) in [5.41, 5.74) is 0.897. The minimum Gasteiger partial charge on any atom is -0.452 e. The first-order valence-electron chi connectivity index (χ1n) is 8.09. The van der Waals surface area contributed by atoms with Crippen LogP contribution >= 0.6 is 23.1 Å². The van der Waals surface area contributed by atoms with Gasteiger partial charge in [-0.05, 0) is 36.6 Å². The molecule has 0 spiro atoms. The number of nitrogens with one attached hydrogen (secondary N) is 2. The summed E-state index contributed by atoms with van der Waals surface area (Å²) in [6, 6.07) is 8.71. The zero-order chi connectivity index (χ0) is 18.5. The smallest absolute Gasteiger partial charge is 0.338 e. The highest BCUT2D eigenvalue weighted by molar-refractivity contribution is 7.99. The van der Waals surface area contributed by atoms with Gasteiger partial charge in [-0.15, -0.1) is 23.1 Å². The highest BCUT2D eigenvalue weighted by Crippen LogP contribution is 2.31. The van der Waals surface area contributed by atoms with E-state index < -0.39 is 5.97 Å². The molecule has 0 unspecified atom stereocenters. The molecule has 1 aliphatic rings. The van der Waals surface area contributed by atoms with Crippen molar-refractivity contribution in [3.63, 3.8) is 0 Å². The molecule has 0 saturated carbocycles. The normalized spacial score (nSPS) is 14.6. The van der Waals surface area contributed by atoms with Crippen molar-refractivity contribution in [2.24, 2.45) is 0 Å². The molecule has 0 saturated heterocycles. The number of carbonyl (C=O) groups excluding carboxylic acids is 3. The van der Waals surface area contributed by atoms with Gasteiger partial charge in [0.05, 0.1) is 17.3 Å². The third-order valence-corrected chi connectivity index (χ3v) is 5.89. The lowest BCUT2D eigenvalue weighted by molar-refractivity contribution is -0.124. The molecule has 1 aliphatic heterocycles. The van der Waals surface area contributed by atoms with Crippen LogP contribution in [0.1, 0.15) is 34.6 Å². The summed E-state index contributed by atoms with van der Waals surface area (Å²) in [6.07, 6.45) is 0.432. The summed E-state index contributed by atoms with van der Waals surface area (Å²) in [4.78, 5) is 37.8. The van der Waals surface area contributed by atoms with E-state index in [-0.39, 0.29) is 24.5 Å². The van der Waals surface area contributed by atoms with Gasteiger partial charge in [0.1, 0.15) is 0 Å². The molecule has 0 aliphatic carbocycles. The van der Waals surface area contributed by atoms with Gasteiger partial charge in [0, 0.05) is 21.9 Å². The molecular weight excluding hydrogens is 372 g/mol. The molecule has 2 aromatic rings. The lowest BCUT2D eigenvalue weighted by Gasteiger charge is -2.13. The molecule has 1 aromatic carbocycles. The number of hydrogen-bond acceptors (Lipinski definition) is 6. The summed E-state index contributed by atoms with van der Waals surface area (Å²) in [5.74, 6) is -0.345. The fraction of sp³-hybridized carbons (Fsp3) is 0.278. The second-order valence-electron chi connectivity index (χ2n) is 5.74. The van der Waals surface area contributed by atoms with Crippen molar-refractivity contribution in [3.05, 3.63) is 46.2 Å². The van der Waals surface area contributed by atoms with Gasteiger partial charge >= 0.3 is 5.97 Å². The zero-order valence-corrected chi connectivity index (χ0v) is 15.7. The third-order valence-electron chi connectivity index (χ3n) is 3.76. The fourth-order valence-electron chi connectivity index (χ4n) is 2.45. The maximum Gasteiger partial charge on any atom is 0.338 e. The molecular formula is C18H18N2O4S2. The predicted molar refractivity (Wildman–Crippen MR) is 102 cm³/mol. The lowest BCUT2D eigenvalue weighted by Crippen LogP contribution is -2.30. The van der Waals surface area contributed by atoms with Gasteiger partial charge in [-0.2, -0.15) is 0 Å². The number of fused-ring (bicyclic) bond motifs is 1. The van der Waals surface area contributed by atoms with Crippen molar-refractivity contribution >= 4 is 46.6 Å². The van der Waals surface area contributed by atoms with Gasteiger partial charge in [0.15, 0.2) is 6.61 Å². The number of benzene rings is 1. The van der Waals surface area contributed by atoms with Crippen molar-refractivity contribution in [3.8, 4) is 0 Å². The average Bonchev–Trinajstić information content (AvgIpc) is 3.09. The average molecular weight is 390 g/mol. The van der Waals surface area contributed by atoms with Crippen LogP contribution in [-0.2, 0) is 14.3 Å². The third kappa shape index (κ3) is 4.64. The van der Waals surface area contributed by atoms with Crippen molar-refractivity contribution in [2.75, 3.05) is 17.7 Å². The van der Waals surface area contributed by atoms with Gasteiger partial charge in [0.2, 0.25) is 5.91 Å². The quantitative estimate of drug-likeness (QED) is 0.766. The molecule has 2 N–H and O–H groups in total. The summed E-state index contributed by atoms with van der Waals surface area (Å²) < 4.78 is 5.09. The van der Waals surface area contributed by atoms with E-state index in [1.54, 1.807) is 41.3 Å². The Morgan fingerprint density at radius 3 is 2.96 bits per heavy atom. The summed E-state index contributed by atoms with van der Waals surface area (Å²) in [5, 5.41) is 7.50. The number of rotatable bonds is 5. The molecule has 26 heavy (non-hydrogen) atoms. The van der Waals surface area contributed by atoms with Gasteiger partial charge < -0.3 is 15.4 Å². The topological polar surface area (TPSA) is 84.5 Å². The molecule has 136 valence electrons. The van der Waals surface area contributed by atoms with Crippen LogP contribution in [0.3, 0.4) is 0 Å². The van der Waals surface area contributed by atoms with E-state index in [1.165, 1.54) is 0 Å². The molecule has 6 nitrogen and oxygen atoms in total. The van der Waals surface area contributed by atoms with Crippen LogP contribution in [0.15, 0.2) is 40.6 Å². The molecule has 8 heteroatoms. The van der Waals surface area contributed by atoms with Crippen LogP contribution in [0.4, 0.5) is 5.69 Å². The SMILES string of the molecule is C[C@@H](NC(=O)COC(=O)c1ccc2c(c1)NC(=O)CCS2)c1cccs1. The van der Waals surface area contributed by atoms with E-state index in [1.807, 2.05) is 24.4 Å². The van der Waals surface area contributed by atoms with Crippen molar-refractivity contribution in [2.45, 2.75) is 24.3 Å². The largest absolute Gasteiger partial charge is 0.452 e. The molecule has 1 aromatic heterocycles. The van der Waals surface area contributed by atoms with E-state index in [2.05, 4.69) is 10.6 Å². The molecule has 0 fully saturated rings. The number of thiophene rings is 1. The van der Waals surface area contributed by atoms with Crippen molar-refractivity contribution in [1.29, 1.82) is 0 Å². The van der Waals surface area contributed by atoms with Crippen molar-refractivity contribution < 1.29 is 19.1 Å². The summed E-state index contributed by atoms with van der Waals surface area (Å²) in [7, 11) is 0. The van der Waals surface area contributed by atoms with Gasteiger partial charge in [-0.1, -0.05) is 6.07 Å². The minimum atomic E-state index is -0.602. The molecule has 2 amide bonds. The van der Waals surface area contributed by atoms with E-state index in [4.69, 9.17) is 4.74 Å². The van der Waals surface area contributed by atoms with E-state index in [0.29, 0.717) is 23.4 Å². The number of thioether (sulfide) groups is 1. The van der Waals surface area contributed by atoms with Crippen LogP contribution in [0.5, 0.6) is 0 Å². The van der Waals surface area contributed by atoms with E-state index in [0.717, 1.165) is 9.77 Å². The number of esters is 1. The number of anilines is 1. The molecule has 2 heterocycles. The second kappa shape index (κ2) is 8.37. The molecule has 3 rings (SSSR count). The Labute approximate surface area is 159 Å². The summed E-state index contributed by atoms with van der Waals surface area (Å²) >= 11 is 3.11. The number of carbonyl (C=O) groups is 3. The van der Waals surface area contributed by atoms with Crippen LogP contribution < -0.4 is 10.6 Å². The Kier molecular flexibility index (Phi) is 5.95. The molecule has 1 atom stereocenters. The number of ether oxygens (including phenoxy) is 1. The van der Waals surface area contributed by atoms with E-state index in [9.17, 15) is 14.4 Å². The van der Waals surface area contributed by atoms with E-state index >= 15 is 0 Å². The second-order valence-corrected chi connectivity index (χ2v) is 7.85. The Morgan fingerprint density at radius 2 is 2.19 bits per heavy atom. The standard InChI is InChI=1S/C18H18N2O4S2/c1-11(14-3-2-7-25-14)19-17(22)10-24-18(23)12-4-5-15-13(9-12)20-16(21)6-8-26-15/h2-5,7,9,11H,6,8,10H2,1H3,(H,19,22)(H,20,21)/t11-/m1/s1. The number of hydrogen-bond donors (Lipinski definition) is 2. The minimum absolute atomic E-state index is 0.0799. The maximum absolute atomic E-state index is 12.2. The maximum atomic E-state index is 12.2. The fourth-order valence-corrected chi connectivity index (χ4v) is 4.12. The van der Waals surface area contributed by atoms with Crippen LogP contribution in [0.2, 0.25) is 0 Å². The first kappa shape index (κ1) is 18.5. The highest BCUT2D eigenvalue weighted by atomic mass is 32.2. The number of amides is 2. The van der Waals surface area contributed by atoms with Gasteiger partial charge in [-0.3, -0.25) is 9.59 Å². The summed E-state index contributed by atoms with van der Waals surface area (Å²) in [6.45, 7) is 1.52. The monoisotopic (exact) mass is 390 g/mol. The van der Waals surface area contributed by atoms with Crippen LogP contribution in [-0.4, -0.2) is 30.1 Å². The first-order valence-corrected chi connectivity index (χ1v) is 9.96. The molecule has 0 radical (unpaired) electrons.